The zero-order valence-corrected chi connectivity index (χ0v) is 20.6. The Hall–Kier alpha value is -4.20. The predicted octanol–water partition coefficient (Wildman–Crippen LogP) is 4.58. The van der Waals surface area contributed by atoms with Crippen molar-refractivity contribution in [2.45, 2.75) is 19.3 Å². The molecule has 0 radical (unpaired) electrons. The Morgan fingerprint density at radius 2 is 1.82 bits per heavy atom. The molecule has 5 rings (SSSR count). The standard InChI is InChI=1S/C25H24F5N7O2/c1-36-7-9-37(10-8-36)15-5-6-17(19(11-15)39-23(26)27)34-24-32-13-16(25(28,29)30)21(35-24)33-18-4-2-3-14-12-31-22(38)20(14)18/h2-6,11,13,23H,7-10,12H2,1H3,(H,31,38)(H2,32,33,34,35). The summed E-state index contributed by atoms with van der Waals surface area (Å²) in [4.78, 5) is 24.1. The number of ether oxygens (including phenoxy) is 1. The third kappa shape index (κ3) is 5.79. The van der Waals surface area contributed by atoms with Gasteiger partial charge in [0, 0.05) is 50.7 Å². The topological polar surface area (TPSA) is 94.7 Å². The number of amides is 1. The molecular weight excluding hydrogens is 525 g/mol. The average Bonchev–Trinajstić information content (AvgIpc) is 3.26. The van der Waals surface area contributed by atoms with Crippen LogP contribution in [-0.2, 0) is 12.7 Å². The number of hydrogen-bond acceptors (Lipinski definition) is 8. The summed E-state index contributed by atoms with van der Waals surface area (Å²) in [5, 5.41) is 7.92. The Morgan fingerprint density at radius 3 is 2.54 bits per heavy atom. The van der Waals surface area contributed by atoms with Gasteiger partial charge in [-0.15, -0.1) is 0 Å². The van der Waals surface area contributed by atoms with Gasteiger partial charge in [0.1, 0.15) is 11.4 Å². The van der Waals surface area contributed by atoms with E-state index in [0.29, 0.717) is 30.5 Å². The highest BCUT2D eigenvalue weighted by Gasteiger charge is 2.36. The van der Waals surface area contributed by atoms with E-state index in [4.69, 9.17) is 4.74 Å². The highest BCUT2D eigenvalue weighted by molar-refractivity contribution is 6.04. The van der Waals surface area contributed by atoms with Crippen LogP contribution in [0.15, 0.2) is 42.6 Å². The van der Waals surface area contributed by atoms with Crippen LogP contribution in [0.3, 0.4) is 0 Å². The number of anilines is 5. The van der Waals surface area contributed by atoms with Crippen molar-refractivity contribution in [1.29, 1.82) is 0 Å². The third-order valence-electron chi connectivity index (χ3n) is 6.46. The van der Waals surface area contributed by atoms with Crippen molar-refractivity contribution in [1.82, 2.24) is 20.2 Å². The van der Waals surface area contributed by atoms with Gasteiger partial charge in [-0.3, -0.25) is 4.79 Å². The minimum absolute atomic E-state index is 0.0406. The molecule has 2 aromatic carbocycles. The number of halogens is 5. The number of nitrogens with zero attached hydrogens (tertiary/aromatic N) is 4. The van der Waals surface area contributed by atoms with Crippen molar-refractivity contribution in [3.8, 4) is 5.75 Å². The molecule has 0 unspecified atom stereocenters. The van der Waals surface area contributed by atoms with E-state index in [2.05, 4.69) is 30.8 Å². The Kier molecular flexibility index (Phi) is 7.12. The molecule has 2 aliphatic heterocycles. The van der Waals surface area contributed by atoms with Crippen LogP contribution < -0.4 is 25.6 Å². The molecule has 206 valence electrons. The number of carbonyl (C=O) groups is 1. The summed E-state index contributed by atoms with van der Waals surface area (Å²) in [6.45, 7) is 0.0960. The maximum atomic E-state index is 13.8. The number of likely N-dealkylation sites (N-methyl/N-ethyl adjacent to an activating group) is 1. The van der Waals surface area contributed by atoms with Crippen molar-refractivity contribution in [2.75, 3.05) is 48.8 Å². The number of hydrogen-bond donors (Lipinski definition) is 3. The summed E-state index contributed by atoms with van der Waals surface area (Å²) >= 11 is 0. The largest absolute Gasteiger partial charge is 0.433 e. The Balaban J connectivity index is 1.47. The first kappa shape index (κ1) is 26.4. The van der Waals surface area contributed by atoms with Gasteiger partial charge in [0.2, 0.25) is 5.95 Å². The van der Waals surface area contributed by atoms with Crippen molar-refractivity contribution < 1.29 is 31.5 Å². The van der Waals surface area contributed by atoms with Gasteiger partial charge in [0.15, 0.2) is 5.75 Å². The van der Waals surface area contributed by atoms with Crippen LogP contribution in [0.2, 0.25) is 0 Å². The minimum Gasteiger partial charge on any atom is -0.433 e. The summed E-state index contributed by atoms with van der Waals surface area (Å²) < 4.78 is 72.5. The first-order chi connectivity index (χ1) is 18.6. The summed E-state index contributed by atoms with van der Waals surface area (Å²) in [7, 11) is 1.99. The predicted molar refractivity (Wildman–Crippen MR) is 134 cm³/mol. The smallest absolute Gasteiger partial charge is 0.421 e. The third-order valence-corrected chi connectivity index (χ3v) is 6.46. The van der Waals surface area contributed by atoms with Crippen molar-refractivity contribution >= 4 is 34.7 Å². The monoisotopic (exact) mass is 549 g/mol. The summed E-state index contributed by atoms with van der Waals surface area (Å²) in [6.07, 6.45) is -4.23. The van der Waals surface area contributed by atoms with Crippen LogP contribution in [0.4, 0.5) is 50.8 Å². The van der Waals surface area contributed by atoms with E-state index in [1.807, 2.05) is 11.9 Å². The van der Waals surface area contributed by atoms with Crippen LogP contribution in [0, 0.1) is 0 Å². The van der Waals surface area contributed by atoms with Gasteiger partial charge in [-0.2, -0.15) is 26.9 Å². The van der Waals surface area contributed by atoms with Crippen LogP contribution >= 0.6 is 0 Å². The molecule has 3 N–H and O–H groups in total. The number of benzene rings is 2. The maximum absolute atomic E-state index is 13.8. The van der Waals surface area contributed by atoms with Gasteiger partial charge in [-0.05, 0) is 30.8 Å². The Labute approximate surface area is 220 Å². The zero-order chi connectivity index (χ0) is 27.7. The summed E-state index contributed by atoms with van der Waals surface area (Å²) in [5.41, 5.74) is 0.510. The summed E-state index contributed by atoms with van der Waals surface area (Å²) in [5.74, 6) is -1.55. The second-order valence-corrected chi connectivity index (χ2v) is 9.08. The van der Waals surface area contributed by atoms with Crippen molar-refractivity contribution in [3.05, 3.63) is 59.3 Å². The normalized spacial score (nSPS) is 15.8. The molecule has 0 spiro atoms. The molecule has 14 heteroatoms. The number of alkyl halides is 5. The van der Waals surface area contributed by atoms with Crippen molar-refractivity contribution in [3.63, 3.8) is 0 Å². The van der Waals surface area contributed by atoms with E-state index in [0.717, 1.165) is 13.1 Å². The maximum Gasteiger partial charge on any atom is 0.421 e. The Morgan fingerprint density at radius 1 is 1.05 bits per heavy atom. The molecule has 1 amide bonds. The van der Waals surface area contributed by atoms with Gasteiger partial charge in [0.25, 0.3) is 5.91 Å². The first-order valence-corrected chi connectivity index (χ1v) is 12.0. The zero-order valence-electron chi connectivity index (χ0n) is 20.6. The number of rotatable bonds is 7. The van der Waals surface area contributed by atoms with Crippen molar-refractivity contribution in [2.24, 2.45) is 0 Å². The average molecular weight is 550 g/mol. The lowest BCUT2D eigenvalue weighted by Gasteiger charge is -2.34. The highest BCUT2D eigenvalue weighted by Crippen LogP contribution is 2.38. The molecular formula is C25H24F5N7O2. The first-order valence-electron chi connectivity index (χ1n) is 12.0. The molecule has 39 heavy (non-hydrogen) atoms. The number of carbonyl (C=O) groups excluding carboxylic acids is 1. The molecule has 1 fully saturated rings. The molecule has 0 bridgehead atoms. The van der Waals surface area contributed by atoms with Gasteiger partial charge < -0.3 is 30.5 Å². The van der Waals surface area contributed by atoms with Gasteiger partial charge in [-0.1, -0.05) is 12.1 Å². The number of piperazine rings is 1. The summed E-state index contributed by atoms with van der Waals surface area (Å²) in [6, 6.07) is 9.37. The lowest BCUT2D eigenvalue weighted by atomic mass is 10.1. The van der Waals surface area contributed by atoms with Crippen LogP contribution in [-0.4, -0.2) is 60.6 Å². The van der Waals surface area contributed by atoms with E-state index in [-0.39, 0.29) is 35.2 Å². The lowest BCUT2D eigenvalue weighted by molar-refractivity contribution is -0.137. The van der Waals surface area contributed by atoms with Gasteiger partial charge in [0.05, 0.1) is 16.9 Å². The van der Waals surface area contributed by atoms with Crippen LogP contribution in [0.1, 0.15) is 21.5 Å². The molecule has 3 heterocycles. The fourth-order valence-electron chi connectivity index (χ4n) is 4.45. The van der Waals surface area contributed by atoms with E-state index in [1.165, 1.54) is 18.2 Å². The lowest BCUT2D eigenvalue weighted by Crippen LogP contribution is -2.44. The molecule has 0 aliphatic carbocycles. The fraction of sp³-hybridized carbons (Fsp3) is 0.320. The molecule has 0 atom stereocenters. The minimum atomic E-state index is -4.81. The van der Waals surface area contributed by atoms with E-state index >= 15 is 0 Å². The Bertz CT molecular complexity index is 1380. The van der Waals surface area contributed by atoms with Gasteiger partial charge >= 0.3 is 12.8 Å². The van der Waals surface area contributed by atoms with Gasteiger partial charge in [-0.25, -0.2) is 4.98 Å². The fourth-order valence-corrected chi connectivity index (χ4v) is 4.45. The number of fused-ring (bicyclic) bond motifs is 1. The molecule has 1 aromatic heterocycles. The number of nitrogens with one attached hydrogen (secondary N) is 3. The van der Waals surface area contributed by atoms with E-state index in [9.17, 15) is 26.7 Å². The highest BCUT2D eigenvalue weighted by atomic mass is 19.4. The second-order valence-electron chi connectivity index (χ2n) is 9.08. The molecule has 0 saturated carbocycles. The molecule has 9 nitrogen and oxygen atoms in total. The molecule has 2 aliphatic rings. The van der Waals surface area contributed by atoms with Crippen LogP contribution in [0.25, 0.3) is 0 Å². The molecule has 3 aromatic rings. The van der Waals surface area contributed by atoms with E-state index < -0.39 is 30.1 Å². The molecule has 1 saturated heterocycles. The second kappa shape index (κ2) is 10.5. The number of aromatic nitrogens is 2. The quantitative estimate of drug-likeness (QED) is 0.369. The van der Waals surface area contributed by atoms with Crippen LogP contribution in [0.5, 0.6) is 5.75 Å². The van der Waals surface area contributed by atoms with E-state index in [1.54, 1.807) is 18.2 Å². The SMILES string of the molecule is CN1CCN(c2ccc(Nc3ncc(C(F)(F)F)c(Nc4cccc5c4C(=O)NC5)n3)c(OC(F)F)c2)CC1.